The minimum absolute atomic E-state index is 0.187. The van der Waals surface area contributed by atoms with Crippen LogP contribution >= 0.6 is 27.5 Å². The molecule has 0 aliphatic heterocycles. The predicted molar refractivity (Wildman–Crippen MR) is 76.2 cm³/mol. The number of pyridine rings is 1. The van der Waals surface area contributed by atoms with Crippen molar-refractivity contribution in [3.8, 4) is 0 Å². The van der Waals surface area contributed by atoms with Crippen LogP contribution in [0.3, 0.4) is 0 Å². The Balaban J connectivity index is 2.54. The van der Waals surface area contributed by atoms with Crippen molar-refractivity contribution < 1.29 is 4.74 Å². The molecule has 0 N–H and O–H groups in total. The third kappa shape index (κ3) is 2.68. The Morgan fingerprint density at radius 2 is 2.33 bits per heavy atom. The number of hydrogen-bond acceptors (Lipinski definition) is 3. The molecule has 18 heavy (non-hydrogen) atoms. The Kier molecular flexibility index (Phi) is 4.59. The Bertz CT molecular complexity index is 543. The van der Waals surface area contributed by atoms with Crippen molar-refractivity contribution in [3.05, 3.63) is 22.6 Å². The second kappa shape index (κ2) is 5.99. The zero-order chi connectivity index (χ0) is 13.1. The third-order valence-corrected chi connectivity index (χ3v) is 3.36. The number of ether oxygens (including phenoxy) is 1. The molecule has 2 rings (SSSR count). The normalized spacial score (nSPS) is 13.1. The number of aryl methyl sites for hydroxylation is 1. The molecule has 1 unspecified atom stereocenters. The molecule has 98 valence electrons. The number of aromatic nitrogens is 3. The summed E-state index contributed by atoms with van der Waals surface area (Å²) in [4.78, 5) is 9.04. The first-order valence-corrected chi connectivity index (χ1v) is 7.07. The molecule has 6 heteroatoms. The molecule has 0 aromatic carbocycles. The number of halogens is 2. The molecule has 0 fully saturated rings. The van der Waals surface area contributed by atoms with E-state index in [1.54, 1.807) is 13.3 Å². The largest absolute Gasteiger partial charge is 0.383 e. The van der Waals surface area contributed by atoms with Gasteiger partial charge in [-0.3, -0.25) is 0 Å². The minimum Gasteiger partial charge on any atom is -0.383 e. The zero-order valence-electron chi connectivity index (χ0n) is 10.4. The van der Waals surface area contributed by atoms with E-state index in [4.69, 9.17) is 16.3 Å². The molecule has 0 radical (unpaired) electrons. The van der Waals surface area contributed by atoms with E-state index >= 15 is 0 Å². The highest BCUT2D eigenvalue weighted by molar-refractivity contribution is 9.10. The van der Waals surface area contributed by atoms with Crippen molar-refractivity contribution in [2.24, 2.45) is 0 Å². The summed E-state index contributed by atoms with van der Waals surface area (Å²) in [5.74, 6) is 1.50. The Morgan fingerprint density at radius 1 is 1.56 bits per heavy atom. The van der Waals surface area contributed by atoms with Gasteiger partial charge in [0.15, 0.2) is 5.65 Å². The molecule has 0 spiro atoms. The summed E-state index contributed by atoms with van der Waals surface area (Å²) < 4.78 is 8.25. The van der Waals surface area contributed by atoms with Crippen LogP contribution in [-0.2, 0) is 11.2 Å². The maximum Gasteiger partial charge on any atom is 0.160 e. The van der Waals surface area contributed by atoms with E-state index in [-0.39, 0.29) is 6.04 Å². The summed E-state index contributed by atoms with van der Waals surface area (Å²) in [6, 6.07) is 2.16. The van der Waals surface area contributed by atoms with Gasteiger partial charge in [0.05, 0.1) is 12.6 Å². The fourth-order valence-electron chi connectivity index (χ4n) is 2.04. The van der Waals surface area contributed by atoms with Crippen LogP contribution < -0.4 is 0 Å². The number of hydrogen-bond donors (Lipinski definition) is 0. The van der Waals surface area contributed by atoms with Crippen molar-refractivity contribution in [2.75, 3.05) is 19.6 Å². The molecule has 2 aromatic heterocycles. The Labute approximate surface area is 119 Å². The van der Waals surface area contributed by atoms with Gasteiger partial charge in [0.1, 0.15) is 11.3 Å². The van der Waals surface area contributed by atoms with Crippen LogP contribution in [0.4, 0.5) is 0 Å². The van der Waals surface area contributed by atoms with Gasteiger partial charge in [-0.1, -0.05) is 0 Å². The van der Waals surface area contributed by atoms with Gasteiger partial charge < -0.3 is 9.30 Å². The average Bonchev–Trinajstić information content (AvgIpc) is 2.67. The third-order valence-electron chi connectivity index (χ3n) is 2.74. The number of alkyl halides is 1. The molecule has 1 atom stereocenters. The average molecular weight is 333 g/mol. The lowest BCUT2D eigenvalue weighted by Gasteiger charge is -2.15. The van der Waals surface area contributed by atoms with E-state index in [1.165, 1.54) is 0 Å². The number of methoxy groups -OCH3 is 1. The lowest BCUT2D eigenvalue weighted by atomic mass is 10.3. The lowest BCUT2D eigenvalue weighted by molar-refractivity contribution is 0.162. The minimum atomic E-state index is 0.187. The first-order valence-electron chi connectivity index (χ1n) is 5.74. The maximum atomic E-state index is 5.83. The number of fused-ring (bicyclic) bond motifs is 1. The summed E-state index contributed by atoms with van der Waals surface area (Å²) in [6.07, 6.45) is 2.51. The topological polar surface area (TPSA) is 39.9 Å². The second-order valence-electron chi connectivity index (χ2n) is 4.14. The highest BCUT2D eigenvalue weighted by atomic mass is 79.9. The molecule has 0 aliphatic rings. The highest BCUT2D eigenvalue weighted by Crippen LogP contribution is 2.22. The molecule has 0 amide bonds. The van der Waals surface area contributed by atoms with Crippen LogP contribution in [0.25, 0.3) is 11.2 Å². The van der Waals surface area contributed by atoms with Gasteiger partial charge in [-0.2, -0.15) is 0 Å². The van der Waals surface area contributed by atoms with Crippen molar-refractivity contribution in [1.29, 1.82) is 0 Å². The van der Waals surface area contributed by atoms with E-state index in [0.29, 0.717) is 12.5 Å². The summed E-state index contributed by atoms with van der Waals surface area (Å²) >= 11 is 9.24. The van der Waals surface area contributed by atoms with Crippen LogP contribution in [-0.4, -0.2) is 34.1 Å². The van der Waals surface area contributed by atoms with Gasteiger partial charge in [-0.05, 0) is 28.9 Å². The van der Waals surface area contributed by atoms with Crippen LogP contribution in [0, 0.1) is 0 Å². The van der Waals surface area contributed by atoms with E-state index in [0.717, 1.165) is 27.9 Å². The van der Waals surface area contributed by atoms with E-state index in [1.807, 2.05) is 6.07 Å². The first kappa shape index (κ1) is 13.8. The van der Waals surface area contributed by atoms with Crippen molar-refractivity contribution in [2.45, 2.75) is 19.4 Å². The SMILES string of the molecule is COCC(C)n1c(CCCl)nc2cc(Br)cnc21. The molecule has 0 aliphatic carbocycles. The molecular formula is C12H15BrClN3O. The summed E-state index contributed by atoms with van der Waals surface area (Å²) in [6.45, 7) is 2.71. The smallest absolute Gasteiger partial charge is 0.160 e. The van der Waals surface area contributed by atoms with Crippen molar-refractivity contribution in [1.82, 2.24) is 14.5 Å². The van der Waals surface area contributed by atoms with Crippen LogP contribution in [0.15, 0.2) is 16.7 Å². The zero-order valence-corrected chi connectivity index (χ0v) is 12.7. The van der Waals surface area contributed by atoms with Gasteiger partial charge in [0, 0.05) is 30.1 Å². The number of imidazole rings is 1. The fourth-order valence-corrected chi connectivity index (χ4v) is 2.53. The van der Waals surface area contributed by atoms with E-state index < -0.39 is 0 Å². The van der Waals surface area contributed by atoms with E-state index in [2.05, 4.69) is 37.4 Å². The van der Waals surface area contributed by atoms with Gasteiger partial charge in [-0.15, -0.1) is 11.6 Å². The van der Waals surface area contributed by atoms with Crippen LogP contribution in [0.1, 0.15) is 18.8 Å². The number of nitrogens with zero attached hydrogens (tertiary/aromatic N) is 3. The molecule has 0 bridgehead atoms. The van der Waals surface area contributed by atoms with Gasteiger partial charge in [0.25, 0.3) is 0 Å². The first-order chi connectivity index (χ1) is 8.67. The quantitative estimate of drug-likeness (QED) is 0.790. The molecule has 0 saturated carbocycles. The molecular weight excluding hydrogens is 318 g/mol. The van der Waals surface area contributed by atoms with Crippen molar-refractivity contribution >= 4 is 38.7 Å². The maximum absolute atomic E-state index is 5.83. The summed E-state index contributed by atoms with van der Waals surface area (Å²) in [7, 11) is 1.70. The van der Waals surface area contributed by atoms with Gasteiger partial charge in [0.2, 0.25) is 0 Å². The Hall–Kier alpha value is -0.650. The lowest BCUT2D eigenvalue weighted by Crippen LogP contribution is -2.15. The molecule has 0 saturated heterocycles. The predicted octanol–water partition coefficient (Wildman–Crippen LogP) is 3.18. The van der Waals surface area contributed by atoms with Crippen LogP contribution in [0.5, 0.6) is 0 Å². The second-order valence-corrected chi connectivity index (χ2v) is 5.43. The molecule has 4 nitrogen and oxygen atoms in total. The molecule has 2 aromatic rings. The van der Waals surface area contributed by atoms with Gasteiger partial charge >= 0.3 is 0 Å². The molecule has 2 heterocycles. The summed E-state index contributed by atoms with van der Waals surface area (Å²) in [5, 5.41) is 0. The number of rotatable bonds is 5. The standard InChI is InChI=1S/C12H15BrClN3O/c1-8(7-18-2)17-11(3-4-14)16-10-5-9(13)6-15-12(10)17/h5-6,8H,3-4,7H2,1-2H3. The van der Waals surface area contributed by atoms with E-state index in [9.17, 15) is 0 Å². The van der Waals surface area contributed by atoms with Crippen LogP contribution in [0.2, 0.25) is 0 Å². The highest BCUT2D eigenvalue weighted by Gasteiger charge is 2.16. The fraction of sp³-hybridized carbons (Fsp3) is 0.500. The Morgan fingerprint density at radius 3 is 3.00 bits per heavy atom. The summed E-state index contributed by atoms with van der Waals surface area (Å²) in [5.41, 5.74) is 1.76. The van der Waals surface area contributed by atoms with Crippen molar-refractivity contribution in [3.63, 3.8) is 0 Å². The van der Waals surface area contributed by atoms with Gasteiger partial charge in [-0.25, -0.2) is 9.97 Å². The monoisotopic (exact) mass is 331 g/mol.